The van der Waals surface area contributed by atoms with Crippen LogP contribution in [-0.2, 0) is 15.8 Å². The van der Waals surface area contributed by atoms with E-state index in [1.807, 2.05) is 6.92 Å². The van der Waals surface area contributed by atoms with Gasteiger partial charge in [0, 0.05) is 12.4 Å². The Balaban J connectivity index is 0. The van der Waals surface area contributed by atoms with Crippen LogP contribution in [-0.4, -0.2) is 27.7 Å². The Bertz CT molecular complexity index is 78.2. The van der Waals surface area contributed by atoms with Crippen molar-refractivity contribution in [1.29, 1.82) is 0 Å². The van der Waals surface area contributed by atoms with E-state index in [2.05, 4.69) is 0 Å². The van der Waals surface area contributed by atoms with E-state index in [4.69, 9.17) is 4.74 Å². The molecule has 0 heterocycles. The fourth-order valence-electron chi connectivity index (χ4n) is 0.271. The molecule has 0 amide bonds. The van der Waals surface area contributed by atoms with Gasteiger partial charge in [0.1, 0.15) is 0 Å². The molecule has 3 nitrogen and oxygen atoms in total. The van der Waals surface area contributed by atoms with Gasteiger partial charge in [0.25, 0.3) is 0 Å². The Labute approximate surface area is 79.7 Å². The molecule has 0 aromatic heterocycles. The molecule has 0 N–H and O–H groups in total. The second kappa shape index (κ2) is 9.07. The molecule has 50 valence electrons. The van der Waals surface area contributed by atoms with Gasteiger partial charge in [0.2, 0.25) is 0 Å². The van der Waals surface area contributed by atoms with E-state index in [0.717, 1.165) is 0 Å². The van der Waals surface area contributed by atoms with Gasteiger partial charge in [0.15, 0.2) is 0 Å². The molecule has 0 saturated heterocycles. The maximum absolute atomic E-state index is 9.79. The van der Waals surface area contributed by atoms with Crippen molar-refractivity contribution in [1.82, 2.24) is 0 Å². The van der Waals surface area contributed by atoms with Crippen LogP contribution in [0.2, 0.25) is 0 Å². The van der Waals surface area contributed by atoms with E-state index in [1.54, 1.807) is 0 Å². The van der Waals surface area contributed by atoms with Gasteiger partial charge >= 0.3 is 29.6 Å². The van der Waals surface area contributed by atoms with E-state index in [1.165, 1.54) is 0 Å². The average molecular weight is 160 g/mol. The summed E-state index contributed by atoms with van der Waals surface area (Å²) in [6, 6.07) is 0. The monoisotopic (exact) mass is 160 g/mol. The maximum atomic E-state index is 9.79. The van der Waals surface area contributed by atoms with Gasteiger partial charge in [-0.25, -0.2) is 0 Å². The van der Waals surface area contributed by atoms with E-state index >= 15 is 0 Å². The summed E-state index contributed by atoms with van der Waals surface area (Å²) in [6.07, 6.45) is 0. The van der Waals surface area contributed by atoms with Crippen LogP contribution >= 0.6 is 0 Å². The van der Waals surface area contributed by atoms with Crippen molar-refractivity contribution < 1.29 is 43.1 Å². The van der Waals surface area contributed by atoms with Gasteiger partial charge < -0.3 is 9.29 Å². The van der Waals surface area contributed by atoms with Crippen LogP contribution in [0.3, 0.4) is 0 Å². The molecule has 1 atom stereocenters. The van der Waals surface area contributed by atoms with Gasteiger partial charge in [-0.1, -0.05) is 11.1 Å². The van der Waals surface area contributed by atoms with Crippen LogP contribution in [0.5, 0.6) is 0 Å². The zero-order valence-electron chi connectivity index (χ0n) is 5.75. The third-order valence-corrected chi connectivity index (χ3v) is 1.10. The molecule has 9 heavy (non-hydrogen) atoms. The number of rotatable bonds is 4. The topological polar surface area (TPSA) is 49.4 Å². The molecular weight excluding hydrogens is 151 g/mol. The summed E-state index contributed by atoms with van der Waals surface area (Å²) in [6.45, 7) is 2.72. The number of hydrogen-bond donors (Lipinski definition) is 0. The summed E-state index contributed by atoms with van der Waals surface area (Å²) < 4.78 is 24.3. The van der Waals surface area contributed by atoms with Crippen molar-refractivity contribution in [3.05, 3.63) is 0 Å². The molecule has 1 unspecified atom stereocenters. The predicted molar refractivity (Wildman–Crippen MR) is 30.3 cm³/mol. The Morgan fingerprint density at radius 1 is 1.67 bits per heavy atom. The molecule has 0 bridgehead atoms. The van der Waals surface area contributed by atoms with Gasteiger partial charge in [-0.05, 0) is 6.92 Å². The van der Waals surface area contributed by atoms with Crippen LogP contribution in [0, 0.1) is 0 Å². The van der Waals surface area contributed by atoms with Crippen LogP contribution in [0.4, 0.5) is 0 Å². The van der Waals surface area contributed by atoms with E-state index in [0.29, 0.717) is 13.2 Å². The SMILES string of the molecule is CCOCCS(=O)[O-].[Na+]. The summed E-state index contributed by atoms with van der Waals surface area (Å²) in [7, 11) is 0. The smallest absolute Gasteiger partial charge is 0.772 e. The van der Waals surface area contributed by atoms with Crippen molar-refractivity contribution in [3.63, 3.8) is 0 Å². The summed E-state index contributed by atoms with van der Waals surface area (Å²) in [4.78, 5) is 0. The van der Waals surface area contributed by atoms with E-state index in [9.17, 15) is 8.76 Å². The van der Waals surface area contributed by atoms with E-state index < -0.39 is 11.1 Å². The predicted octanol–water partition coefficient (Wildman–Crippen LogP) is -3.09. The van der Waals surface area contributed by atoms with Gasteiger partial charge in [-0.2, -0.15) is 0 Å². The minimum absolute atomic E-state index is 0. The van der Waals surface area contributed by atoms with Crippen molar-refractivity contribution in [2.24, 2.45) is 0 Å². The number of ether oxygens (including phenoxy) is 1. The van der Waals surface area contributed by atoms with E-state index in [-0.39, 0.29) is 35.3 Å². The fourth-order valence-corrected chi connectivity index (χ4v) is 0.525. The summed E-state index contributed by atoms with van der Waals surface area (Å²) >= 11 is -1.94. The molecule has 0 radical (unpaired) electrons. The Morgan fingerprint density at radius 3 is 2.56 bits per heavy atom. The first kappa shape index (κ1) is 12.7. The van der Waals surface area contributed by atoms with Crippen LogP contribution < -0.4 is 29.6 Å². The first-order valence-corrected chi connectivity index (χ1v) is 3.65. The molecule has 0 spiro atoms. The summed E-state index contributed by atoms with van der Waals surface area (Å²) in [5.41, 5.74) is 0. The molecule has 0 saturated carbocycles. The van der Waals surface area contributed by atoms with Gasteiger partial charge in [-0.3, -0.25) is 4.21 Å². The first-order chi connectivity index (χ1) is 3.77. The molecule has 0 fully saturated rings. The summed E-state index contributed by atoms with van der Waals surface area (Å²) in [5, 5.41) is 0. The first-order valence-electron chi connectivity index (χ1n) is 2.41. The normalized spacial score (nSPS) is 12.2. The van der Waals surface area contributed by atoms with Crippen LogP contribution in [0.25, 0.3) is 0 Å². The largest absolute Gasteiger partial charge is 1.00 e. The Kier molecular flexibility index (Phi) is 12.8. The van der Waals surface area contributed by atoms with Crippen molar-refractivity contribution in [2.45, 2.75) is 6.92 Å². The molecule has 5 heteroatoms. The zero-order valence-corrected chi connectivity index (χ0v) is 8.57. The maximum Gasteiger partial charge on any atom is 1.00 e. The van der Waals surface area contributed by atoms with Gasteiger partial charge in [0.05, 0.1) is 6.61 Å². The molecule has 0 aliphatic heterocycles. The van der Waals surface area contributed by atoms with Crippen molar-refractivity contribution in [3.8, 4) is 0 Å². The minimum atomic E-state index is -1.94. The second-order valence-corrected chi connectivity index (χ2v) is 2.22. The second-order valence-electron chi connectivity index (χ2n) is 1.20. The van der Waals surface area contributed by atoms with Gasteiger partial charge in [-0.15, -0.1) is 0 Å². The third-order valence-electron chi connectivity index (χ3n) is 0.598. The average Bonchev–Trinajstić information content (AvgIpc) is 1.66. The number of hydrogen-bond acceptors (Lipinski definition) is 3. The Morgan fingerprint density at radius 2 is 2.22 bits per heavy atom. The van der Waals surface area contributed by atoms with Crippen LogP contribution in [0.1, 0.15) is 6.92 Å². The fraction of sp³-hybridized carbons (Fsp3) is 1.00. The molecule has 0 aliphatic carbocycles. The molecular formula is C4H9NaO3S. The molecule has 0 aromatic rings. The summed E-state index contributed by atoms with van der Waals surface area (Å²) in [5.74, 6) is 0.105. The van der Waals surface area contributed by atoms with Crippen molar-refractivity contribution >= 4 is 11.1 Å². The molecule has 0 aliphatic rings. The van der Waals surface area contributed by atoms with Crippen molar-refractivity contribution in [2.75, 3.05) is 19.0 Å². The quantitative estimate of drug-likeness (QED) is 0.249. The molecule has 0 rings (SSSR count). The van der Waals surface area contributed by atoms with Crippen LogP contribution in [0.15, 0.2) is 0 Å². The molecule has 0 aromatic carbocycles. The minimum Gasteiger partial charge on any atom is -0.772 e. The Hall–Kier alpha value is 1.07. The zero-order chi connectivity index (χ0) is 6.41. The third kappa shape index (κ3) is 12.3. The standard InChI is InChI=1S/C4H10O3S.Na/c1-2-7-3-4-8(5)6;/h2-4H2,1H3,(H,5,6);/q;+1/p-1.